The van der Waals surface area contributed by atoms with E-state index in [0.29, 0.717) is 30.5 Å². The summed E-state index contributed by atoms with van der Waals surface area (Å²) >= 11 is 1.68. The molecular formula is C18H27N3OS. The van der Waals surface area contributed by atoms with E-state index >= 15 is 0 Å². The average molecular weight is 334 g/mol. The van der Waals surface area contributed by atoms with E-state index in [9.17, 15) is 4.79 Å². The molecule has 3 aliphatic rings. The monoisotopic (exact) mass is 333 g/mol. The number of aromatic nitrogens is 1. The van der Waals surface area contributed by atoms with Crippen LogP contribution in [0.15, 0.2) is 0 Å². The lowest BCUT2D eigenvalue weighted by atomic mass is 9.71. The molecule has 1 aromatic rings. The second-order valence-corrected chi connectivity index (χ2v) is 9.18. The number of amides is 1. The van der Waals surface area contributed by atoms with Crippen LogP contribution in [0.25, 0.3) is 0 Å². The van der Waals surface area contributed by atoms with Crippen LogP contribution in [-0.4, -0.2) is 40.5 Å². The van der Waals surface area contributed by atoms with E-state index < -0.39 is 0 Å². The predicted molar refractivity (Wildman–Crippen MR) is 92.7 cm³/mol. The summed E-state index contributed by atoms with van der Waals surface area (Å²) in [6.07, 6.45) is 6.77. The van der Waals surface area contributed by atoms with Gasteiger partial charge in [0.05, 0.1) is 17.1 Å². The summed E-state index contributed by atoms with van der Waals surface area (Å²) in [5, 5.41) is 4.89. The highest BCUT2D eigenvalue weighted by Gasteiger charge is 2.55. The van der Waals surface area contributed by atoms with Crippen molar-refractivity contribution in [1.82, 2.24) is 15.2 Å². The highest BCUT2D eigenvalue weighted by molar-refractivity contribution is 7.11. The Morgan fingerprint density at radius 2 is 2.17 bits per heavy atom. The number of rotatable bonds is 2. The third-order valence-electron chi connectivity index (χ3n) is 6.33. The Bertz CT molecular complexity index is 628. The van der Waals surface area contributed by atoms with E-state index in [1.165, 1.54) is 32.1 Å². The Labute approximate surface area is 142 Å². The summed E-state index contributed by atoms with van der Waals surface area (Å²) in [6.45, 7) is 7.36. The number of piperidine rings is 1. The molecule has 2 aliphatic heterocycles. The van der Waals surface area contributed by atoms with Gasteiger partial charge in [-0.2, -0.15) is 0 Å². The van der Waals surface area contributed by atoms with Crippen molar-refractivity contribution in [3.8, 4) is 0 Å². The number of thiazole rings is 1. The van der Waals surface area contributed by atoms with E-state index in [-0.39, 0.29) is 5.41 Å². The van der Waals surface area contributed by atoms with Crippen molar-refractivity contribution in [2.45, 2.75) is 77.4 Å². The number of fused-ring (bicyclic) bond motifs is 1. The Kier molecular flexibility index (Phi) is 3.76. The Balaban J connectivity index is 1.58. The Morgan fingerprint density at radius 3 is 2.91 bits per heavy atom. The quantitative estimate of drug-likeness (QED) is 0.905. The summed E-state index contributed by atoms with van der Waals surface area (Å²) in [7, 11) is 0. The van der Waals surface area contributed by atoms with Crippen molar-refractivity contribution < 1.29 is 4.79 Å². The van der Waals surface area contributed by atoms with Crippen LogP contribution in [0.1, 0.15) is 54.6 Å². The zero-order chi connectivity index (χ0) is 16.2. The molecule has 3 heterocycles. The van der Waals surface area contributed by atoms with Gasteiger partial charge in [-0.25, -0.2) is 4.98 Å². The van der Waals surface area contributed by atoms with Crippen molar-refractivity contribution in [3.63, 3.8) is 0 Å². The van der Waals surface area contributed by atoms with Crippen LogP contribution in [0.3, 0.4) is 0 Å². The molecule has 3 fully saturated rings. The number of carbonyl (C=O) groups excluding carboxylic acids is 1. The number of carbonyl (C=O) groups is 1. The fourth-order valence-corrected chi connectivity index (χ4v) is 6.18. The third kappa shape index (κ3) is 2.52. The Morgan fingerprint density at radius 1 is 1.39 bits per heavy atom. The molecule has 4 rings (SSSR count). The summed E-state index contributed by atoms with van der Waals surface area (Å²) in [5.74, 6) is 0.307. The number of likely N-dealkylation sites (tertiary alicyclic amines) is 1. The van der Waals surface area contributed by atoms with Crippen molar-refractivity contribution in [3.05, 3.63) is 15.6 Å². The normalized spacial score (nSPS) is 36.1. The second-order valence-electron chi connectivity index (χ2n) is 7.89. The SMILES string of the molecule is Cc1nc(C)c(CC(=O)N2C[C@@H]3C[C@@]4(C)[C@H](CCCC[C@@H]24)N3)s1. The zero-order valence-corrected chi connectivity index (χ0v) is 15.2. The van der Waals surface area contributed by atoms with Gasteiger partial charge < -0.3 is 10.2 Å². The largest absolute Gasteiger partial charge is 0.337 e. The topological polar surface area (TPSA) is 45.2 Å². The van der Waals surface area contributed by atoms with Crippen molar-refractivity contribution in [2.75, 3.05) is 6.54 Å². The molecule has 2 bridgehead atoms. The maximum Gasteiger partial charge on any atom is 0.228 e. The lowest BCUT2D eigenvalue weighted by Gasteiger charge is -2.46. The van der Waals surface area contributed by atoms with Gasteiger partial charge in [0, 0.05) is 35.0 Å². The lowest BCUT2D eigenvalue weighted by molar-refractivity contribution is -0.137. The molecule has 1 N–H and O–H groups in total. The summed E-state index contributed by atoms with van der Waals surface area (Å²) < 4.78 is 0. The van der Waals surface area contributed by atoms with Crippen LogP contribution in [-0.2, 0) is 11.2 Å². The molecule has 23 heavy (non-hydrogen) atoms. The van der Waals surface area contributed by atoms with Crippen LogP contribution in [0.4, 0.5) is 0 Å². The van der Waals surface area contributed by atoms with Crippen molar-refractivity contribution >= 4 is 17.2 Å². The van der Waals surface area contributed by atoms with Gasteiger partial charge in [0.1, 0.15) is 0 Å². The summed E-state index contributed by atoms with van der Waals surface area (Å²) in [4.78, 5) is 20.9. The molecule has 4 atom stereocenters. The van der Waals surface area contributed by atoms with Gasteiger partial charge in [-0.3, -0.25) is 4.79 Å². The minimum atomic E-state index is 0.272. The number of hydrogen-bond acceptors (Lipinski definition) is 4. The molecule has 126 valence electrons. The summed E-state index contributed by atoms with van der Waals surface area (Å²) in [6, 6.07) is 1.51. The first-order chi connectivity index (χ1) is 11.0. The predicted octanol–water partition coefficient (Wildman–Crippen LogP) is 2.82. The number of nitrogens with zero attached hydrogens (tertiary/aromatic N) is 2. The van der Waals surface area contributed by atoms with E-state index in [2.05, 4.69) is 22.1 Å². The fourth-order valence-electron chi connectivity index (χ4n) is 5.25. The van der Waals surface area contributed by atoms with Crippen LogP contribution in [0.2, 0.25) is 0 Å². The molecule has 1 amide bonds. The molecule has 0 aromatic carbocycles. The van der Waals surface area contributed by atoms with Gasteiger partial charge in [-0.05, 0) is 33.1 Å². The number of nitrogens with one attached hydrogen (secondary N) is 1. The minimum Gasteiger partial charge on any atom is -0.337 e. The van der Waals surface area contributed by atoms with Crippen LogP contribution in [0.5, 0.6) is 0 Å². The molecule has 1 saturated carbocycles. The van der Waals surface area contributed by atoms with E-state index in [4.69, 9.17) is 0 Å². The van der Waals surface area contributed by atoms with Crippen molar-refractivity contribution in [1.29, 1.82) is 0 Å². The number of aryl methyl sites for hydroxylation is 2. The first kappa shape index (κ1) is 15.6. The van der Waals surface area contributed by atoms with Crippen LogP contribution in [0, 0.1) is 19.3 Å². The molecular weight excluding hydrogens is 306 g/mol. The van der Waals surface area contributed by atoms with E-state index in [0.717, 1.165) is 22.1 Å². The van der Waals surface area contributed by atoms with Gasteiger partial charge in [-0.1, -0.05) is 19.8 Å². The van der Waals surface area contributed by atoms with Gasteiger partial charge in [0.15, 0.2) is 0 Å². The molecule has 0 unspecified atom stereocenters. The highest BCUT2D eigenvalue weighted by Crippen LogP contribution is 2.49. The maximum atomic E-state index is 13.1. The highest BCUT2D eigenvalue weighted by atomic mass is 32.1. The first-order valence-electron chi connectivity index (χ1n) is 8.96. The lowest BCUT2D eigenvalue weighted by Crippen LogP contribution is -2.56. The van der Waals surface area contributed by atoms with Gasteiger partial charge in [-0.15, -0.1) is 11.3 Å². The van der Waals surface area contributed by atoms with Crippen LogP contribution >= 0.6 is 11.3 Å². The molecule has 0 radical (unpaired) electrons. The minimum absolute atomic E-state index is 0.272. The Hall–Kier alpha value is -0.940. The molecule has 0 spiro atoms. The van der Waals surface area contributed by atoms with Gasteiger partial charge in [0.2, 0.25) is 5.91 Å². The average Bonchev–Trinajstić information content (AvgIpc) is 2.88. The maximum absolute atomic E-state index is 13.1. The molecule has 1 aliphatic carbocycles. The van der Waals surface area contributed by atoms with Gasteiger partial charge >= 0.3 is 0 Å². The van der Waals surface area contributed by atoms with Gasteiger partial charge in [0.25, 0.3) is 0 Å². The summed E-state index contributed by atoms with van der Waals surface area (Å²) in [5.41, 5.74) is 1.30. The number of hydrogen-bond donors (Lipinski definition) is 1. The molecule has 5 heteroatoms. The molecule has 4 nitrogen and oxygen atoms in total. The van der Waals surface area contributed by atoms with E-state index in [1.54, 1.807) is 11.3 Å². The van der Waals surface area contributed by atoms with Crippen LogP contribution < -0.4 is 5.32 Å². The standard InChI is InChI=1S/C18H27N3OS/c1-11-14(23-12(2)19-11)8-17(22)21-10-13-9-18(3)15(20-13)6-4-5-7-16(18)21/h13,15-16,20H,4-10H2,1-3H3/t13-,15-,16+,18-/m0/s1. The van der Waals surface area contributed by atoms with E-state index in [1.807, 2.05) is 13.8 Å². The molecule has 2 saturated heterocycles. The smallest absolute Gasteiger partial charge is 0.228 e. The zero-order valence-electron chi connectivity index (χ0n) is 14.4. The first-order valence-corrected chi connectivity index (χ1v) is 9.77. The van der Waals surface area contributed by atoms with Crippen molar-refractivity contribution in [2.24, 2.45) is 5.41 Å². The second kappa shape index (κ2) is 5.55. The fraction of sp³-hybridized carbons (Fsp3) is 0.778. The molecule has 1 aromatic heterocycles. The third-order valence-corrected chi connectivity index (χ3v) is 7.40.